The molecule has 0 aromatic heterocycles. The van der Waals surface area contributed by atoms with Crippen molar-refractivity contribution in [2.75, 3.05) is 0 Å². The molecular formula is C41H46O13. The summed E-state index contributed by atoms with van der Waals surface area (Å²) in [6.07, 6.45) is -4.48. The van der Waals surface area contributed by atoms with Crippen LogP contribution >= 0.6 is 0 Å². The molecule has 2 aliphatic heterocycles. The molecule has 2 aliphatic rings. The third kappa shape index (κ3) is 7.48. The van der Waals surface area contributed by atoms with Gasteiger partial charge in [0.2, 0.25) is 0 Å². The lowest BCUT2D eigenvalue weighted by molar-refractivity contribution is -0.114. The van der Waals surface area contributed by atoms with Crippen molar-refractivity contribution in [2.24, 2.45) is 22.7 Å². The highest BCUT2D eigenvalue weighted by Crippen LogP contribution is 2.51. The van der Waals surface area contributed by atoms with Crippen molar-refractivity contribution < 1.29 is 64.6 Å². The normalized spacial score (nSPS) is 20.7. The third-order valence-electron chi connectivity index (χ3n) is 10.1. The number of phenolic OH excluding ortho intramolecular Hbond substituents is 8. The average molecular weight is 747 g/mol. The van der Waals surface area contributed by atoms with Crippen LogP contribution in [0.25, 0.3) is 0 Å². The summed E-state index contributed by atoms with van der Waals surface area (Å²) >= 11 is 0. The predicted octanol–water partition coefficient (Wildman–Crippen LogP) is 7.60. The first-order valence-corrected chi connectivity index (χ1v) is 17.5. The molecule has 0 bridgehead atoms. The molecule has 0 spiro atoms. The van der Waals surface area contributed by atoms with Crippen molar-refractivity contribution in [3.8, 4) is 57.5 Å². The second-order valence-electron chi connectivity index (χ2n) is 16.3. The molecule has 0 fully saturated rings. The summed E-state index contributed by atoms with van der Waals surface area (Å²) in [7, 11) is 0. The van der Waals surface area contributed by atoms with Gasteiger partial charge in [-0.15, -0.1) is 0 Å². The summed E-state index contributed by atoms with van der Waals surface area (Å²) in [6.45, 7) is 11.2. The van der Waals surface area contributed by atoms with Crippen LogP contribution in [0.1, 0.15) is 76.0 Å². The van der Waals surface area contributed by atoms with Gasteiger partial charge in [0.15, 0.2) is 23.0 Å². The van der Waals surface area contributed by atoms with Gasteiger partial charge in [0.25, 0.3) is 0 Å². The maximum atomic E-state index is 14.2. The quantitative estimate of drug-likeness (QED) is 0.0705. The average Bonchev–Trinajstić information content (AvgIpc) is 3.06. The SMILES string of the molecule is CC(C)(C)[C@H](OC(=O)O[C@H]([C@H]1Cc2c(O)cc(O)cc2O[C@H]1c1ccc(O)c(O)c1)C(C)(C)C)[C@H]1Cc2c(O)cc(O)cc2O[C@H]1c1ccc(O)c(O)c1. The monoisotopic (exact) mass is 746 g/mol. The summed E-state index contributed by atoms with van der Waals surface area (Å²) in [4.78, 5) is 14.2. The van der Waals surface area contributed by atoms with Crippen LogP contribution in [-0.2, 0) is 22.3 Å². The first-order valence-electron chi connectivity index (χ1n) is 17.5. The van der Waals surface area contributed by atoms with Crippen molar-refractivity contribution in [2.45, 2.75) is 78.8 Å². The van der Waals surface area contributed by atoms with Gasteiger partial charge < -0.3 is 59.8 Å². The van der Waals surface area contributed by atoms with Gasteiger partial charge in [0, 0.05) is 47.2 Å². The first kappa shape index (κ1) is 37.9. The number of ether oxygens (including phenoxy) is 4. The standard InChI is InChI=1S/C41H46O13/c1-40(2,3)37(25-17-23-29(46)13-21(42)15-33(23)51-35(25)19-7-9-27(44)31(48)11-19)53-39(50)54-38(41(4,5)6)26-18-24-30(47)14-22(43)16-34(24)52-36(26)20-8-10-28(45)32(49)12-20/h7-16,25-26,35-38,42-49H,17-18H2,1-6H3/t25-,26-,35-,36-,37+,38+/m0/s1. The highest BCUT2D eigenvalue weighted by molar-refractivity contribution is 5.61. The molecule has 0 saturated heterocycles. The van der Waals surface area contributed by atoms with Gasteiger partial charge in [0.1, 0.15) is 58.9 Å². The molecule has 6 atom stereocenters. The van der Waals surface area contributed by atoms with Gasteiger partial charge in [-0.3, -0.25) is 0 Å². The van der Waals surface area contributed by atoms with Crippen molar-refractivity contribution in [3.05, 3.63) is 82.9 Å². The highest BCUT2D eigenvalue weighted by atomic mass is 16.7. The third-order valence-corrected chi connectivity index (χ3v) is 10.1. The first-order chi connectivity index (χ1) is 25.2. The smallest absolute Gasteiger partial charge is 0.508 e. The molecular weight excluding hydrogens is 700 g/mol. The zero-order valence-electron chi connectivity index (χ0n) is 30.8. The number of phenols is 8. The molecule has 0 aliphatic carbocycles. The molecule has 0 radical (unpaired) electrons. The van der Waals surface area contributed by atoms with E-state index in [-0.39, 0.29) is 58.8 Å². The van der Waals surface area contributed by atoms with E-state index < -0.39 is 64.7 Å². The van der Waals surface area contributed by atoms with Gasteiger partial charge in [-0.05, 0) is 59.1 Å². The van der Waals surface area contributed by atoms with Crippen molar-refractivity contribution in [1.82, 2.24) is 0 Å². The van der Waals surface area contributed by atoms with E-state index in [0.717, 1.165) is 0 Å². The largest absolute Gasteiger partial charge is 0.508 e. The number of fused-ring (bicyclic) bond motifs is 2. The van der Waals surface area contributed by atoms with E-state index in [1.807, 2.05) is 41.5 Å². The van der Waals surface area contributed by atoms with Crippen LogP contribution in [0.5, 0.6) is 57.5 Å². The molecule has 8 N–H and O–H groups in total. The zero-order chi connectivity index (χ0) is 39.4. The van der Waals surface area contributed by atoms with Crippen LogP contribution < -0.4 is 9.47 Å². The summed E-state index contributed by atoms with van der Waals surface area (Å²) in [6, 6.07) is 13.5. The molecule has 13 heteroatoms. The molecule has 0 unspecified atom stereocenters. The van der Waals surface area contributed by atoms with Gasteiger partial charge in [-0.2, -0.15) is 0 Å². The lowest BCUT2D eigenvalue weighted by Crippen LogP contribution is -2.47. The van der Waals surface area contributed by atoms with E-state index in [1.165, 1.54) is 48.5 Å². The maximum absolute atomic E-state index is 14.2. The Hall–Kier alpha value is -5.85. The van der Waals surface area contributed by atoms with Crippen LogP contribution in [0.15, 0.2) is 60.7 Å². The molecule has 4 aromatic rings. The minimum atomic E-state index is -1.03. The number of carbonyl (C=O) groups excluding carboxylic acids is 1. The Morgan fingerprint density at radius 2 is 0.926 bits per heavy atom. The maximum Gasteiger partial charge on any atom is 0.508 e. The molecule has 2 heterocycles. The highest BCUT2D eigenvalue weighted by Gasteiger charge is 2.48. The molecule has 6 rings (SSSR count). The van der Waals surface area contributed by atoms with E-state index in [0.29, 0.717) is 22.3 Å². The molecule has 288 valence electrons. The predicted molar refractivity (Wildman–Crippen MR) is 194 cm³/mol. The van der Waals surface area contributed by atoms with Gasteiger partial charge in [0.05, 0.1) is 0 Å². The van der Waals surface area contributed by atoms with Crippen molar-refractivity contribution in [3.63, 3.8) is 0 Å². The Labute approximate surface area is 312 Å². The zero-order valence-corrected chi connectivity index (χ0v) is 30.8. The van der Waals surface area contributed by atoms with Crippen LogP contribution in [0.3, 0.4) is 0 Å². The van der Waals surface area contributed by atoms with Gasteiger partial charge in [-0.25, -0.2) is 4.79 Å². The Balaban J connectivity index is 1.37. The molecule has 0 amide bonds. The second kappa shape index (κ2) is 13.9. The topological polar surface area (TPSA) is 216 Å². The number of hydrogen-bond donors (Lipinski definition) is 8. The Kier molecular flexibility index (Phi) is 9.72. The molecule has 0 saturated carbocycles. The fraction of sp³-hybridized carbons (Fsp3) is 0.390. The van der Waals surface area contributed by atoms with E-state index in [9.17, 15) is 45.6 Å². The number of rotatable bonds is 6. The molecule has 54 heavy (non-hydrogen) atoms. The van der Waals surface area contributed by atoms with Crippen molar-refractivity contribution in [1.29, 1.82) is 0 Å². The fourth-order valence-electron chi connectivity index (χ4n) is 7.63. The summed E-state index contributed by atoms with van der Waals surface area (Å²) in [5.74, 6) is -3.35. The Bertz CT molecular complexity index is 1920. The lowest BCUT2D eigenvalue weighted by atomic mass is 9.73. The number of hydrogen-bond acceptors (Lipinski definition) is 13. The van der Waals surface area contributed by atoms with E-state index in [4.69, 9.17) is 18.9 Å². The summed E-state index contributed by atoms with van der Waals surface area (Å²) in [5, 5.41) is 83.1. The second-order valence-corrected chi connectivity index (χ2v) is 16.3. The number of carbonyl (C=O) groups is 1. The molecule has 13 nitrogen and oxygen atoms in total. The lowest BCUT2D eigenvalue weighted by Gasteiger charge is -2.44. The number of benzene rings is 4. The fourth-order valence-corrected chi connectivity index (χ4v) is 7.63. The summed E-state index contributed by atoms with van der Waals surface area (Å²) < 4.78 is 25.3. The van der Waals surface area contributed by atoms with Crippen molar-refractivity contribution >= 4 is 6.16 Å². The van der Waals surface area contributed by atoms with E-state index in [1.54, 1.807) is 12.1 Å². The minimum Gasteiger partial charge on any atom is -0.508 e. The minimum absolute atomic E-state index is 0.122. The summed E-state index contributed by atoms with van der Waals surface area (Å²) in [5.41, 5.74) is 0.0913. The van der Waals surface area contributed by atoms with Gasteiger partial charge in [-0.1, -0.05) is 53.7 Å². The van der Waals surface area contributed by atoms with Crippen LogP contribution in [0, 0.1) is 22.7 Å². The van der Waals surface area contributed by atoms with E-state index >= 15 is 0 Å². The van der Waals surface area contributed by atoms with Crippen LogP contribution in [0.4, 0.5) is 4.79 Å². The van der Waals surface area contributed by atoms with Crippen LogP contribution in [0.2, 0.25) is 0 Å². The van der Waals surface area contributed by atoms with E-state index in [2.05, 4.69) is 0 Å². The molecule has 4 aromatic carbocycles. The Morgan fingerprint density at radius 3 is 1.26 bits per heavy atom. The van der Waals surface area contributed by atoms with Gasteiger partial charge >= 0.3 is 6.16 Å². The van der Waals surface area contributed by atoms with Crippen LogP contribution in [-0.4, -0.2) is 59.2 Å². The number of aromatic hydroxyl groups is 8. The Morgan fingerprint density at radius 1 is 0.556 bits per heavy atom.